The molecule has 1 aliphatic carbocycles. The zero-order valence-corrected chi connectivity index (χ0v) is 27.6. The maximum Gasteiger partial charge on any atom is 0.255 e. The molecule has 5 rings (SSSR count). The molecule has 252 valence electrons. The van der Waals surface area contributed by atoms with Gasteiger partial charge in [-0.25, -0.2) is 17.4 Å². The summed E-state index contributed by atoms with van der Waals surface area (Å²) in [5.74, 6) is -5.78. The van der Waals surface area contributed by atoms with Gasteiger partial charge < -0.3 is 14.7 Å². The highest BCUT2D eigenvalue weighted by Crippen LogP contribution is 2.32. The first kappa shape index (κ1) is 38.7. The predicted molar refractivity (Wildman–Crippen MR) is 176 cm³/mol. The van der Waals surface area contributed by atoms with Crippen molar-refractivity contribution in [3.05, 3.63) is 106 Å². The molecule has 0 amide bonds. The number of benzene rings is 3. The van der Waals surface area contributed by atoms with Crippen LogP contribution in [0.3, 0.4) is 0 Å². The van der Waals surface area contributed by atoms with E-state index in [-0.39, 0.29) is 4.90 Å². The average molecular weight is 677 g/mol. The zero-order valence-electron chi connectivity index (χ0n) is 26.8. The Morgan fingerprint density at radius 2 is 1.49 bits per heavy atom. The molecule has 1 aromatic heterocycles. The number of nitrogens with two attached hydrogens (primary N) is 1. The van der Waals surface area contributed by atoms with Crippen LogP contribution in [-0.4, -0.2) is 22.9 Å². The third-order valence-electron chi connectivity index (χ3n) is 6.58. The molecule has 0 bridgehead atoms. The van der Waals surface area contributed by atoms with E-state index in [1.54, 1.807) is 24.3 Å². The summed E-state index contributed by atoms with van der Waals surface area (Å²) in [4.78, 5) is 12.8. The van der Waals surface area contributed by atoms with Crippen molar-refractivity contribution in [3.63, 3.8) is 0 Å². The number of ether oxygens (including phenoxy) is 1. The summed E-state index contributed by atoms with van der Waals surface area (Å²) in [6, 6.07) is 11.8. The molecule has 6 nitrogen and oxygen atoms in total. The molecule has 0 radical (unpaired) electrons. The van der Waals surface area contributed by atoms with Crippen LogP contribution in [0.25, 0.3) is 16.6 Å². The summed E-state index contributed by atoms with van der Waals surface area (Å²) in [6.45, 7) is 9.25. The number of fused-ring (bicyclic) bond motifs is 1. The van der Waals surface area contributed by atoms with Crippen molar-refractivity contribution in [2.45, 2.75) is 51.3 Å². The Bertz CT molecular complexity index is 1820. The summed E-state index contributed by atoms with van der Waals surface area (Å²) in [5, 5.41) is 0.374. The monoisotopic (exact) mass is 676 g/mol. The molecule has 0 saturated heterocycles. The van der Waals surface area contributed by atoms with E-state index in [4.69, 9.17) is 4.74 Å². The van der Waals surface area contributed by atoms with Crippen LogP contribution >= 0.6 is 0 Å². The van der Waals surface area contributed by atoms with E-state index >= 15 is 0 Å². The Morgan fingerprint density at radius 1 is 0.915 bits per heavy atom. The Morgan fingerprint density at radius 3 is 2.06 bits per heavy atom. The van der Waals surface area contributed by atoms with Gasteiger partial charge in [0.2, 0.25) is 45.9 Å². The van der Waals surface area contributed by atoms with Crippen LogP contribution in [0.1, 0.15) is 52.0 Å². The van der Waals surface area contributed by atoms with E-state index in [2.05, 4.69) is 28.3 Å². The maximum atomic E-state index is 14.0. The highest BCUT2D eigenvalue weighted by atomic mass is 32.2. The highest BCUT2D eigenvalue weighted by molar-refractivity contribution is 7.80. The van der Waals surface area contributed by atoms with Gasteiger partial charge in [0.05, 0.1) is 23.2 Å². The van der Waals surface area contributed by atoms with E-state index in [1.807, 2.05) is 20.8 Å². The molecule has 3 aromatic carbocycles. The molecule has 1 aliphatic rings. The van der Waals surface area contributed by atoms with Crippen molar-refractivity contribution in [3.8, 4) is 29.0 Å². The minimum atomic E-state index is -2.67. The lowest BCUT2D eigenvalue weighted by atomic mass is 10.1. The largest absolute Gasteiger partial charge is 0.495 e. The number of hydrogen-bond donors (Lipinski definition) is 1. The van der Waals surface area contributed by atoms with E-state index in [9.17, 15) is 31.0 Å². The van der Waals surface area contributed by atoms with Gasteiger partial charge in [-0.3, -0.25) is 9.36 Å². The van der Waals surface area contributed by atoms with Gasteiger partial charge >= 0.3 is 0 Å². The summed E-state index contributed by atoms with van der Waals surface area (Å²) in [6.07, 6.45) is 6.24. The molecule has 4 aromatic rings. The van der Waals surface area contributed by atoms with Crippen molar-refractivity contribution < 1.29 is 35.1 Å². The fraction of sp³-hybridized carbons (Fsp3) is 0.286. The molecule has 0 spiro atoms. The number of rotatable bonds is 5. The topological polar surface area (TPSA) is 83.5 Å². The fourth-order valence-corrected chi connectivity index (χ4v) is 5.35. The first-order valence-corrected chi connectivity index (χ1v) is 15.8. The van der Waals surface area contributed by atoms with E-state index in [0.717, 1.165) is 18.4 Å². The average Bonchev–Trinajstić information content (AvgIpc) is 3.63. The fourth-order valence-electron chi connectivity index (χ4n) is 4.55. The lowest BCUT2D eigenvalue weighted by Gasteiger charge is -2.15. The zero-order chi connectivity index (χ0) is 35.3. The first-order chi connectivity index (χ1) is 22.6. The normalized spacial score (nSPS) is 12.6. The molecule has 2 N–H and O–H groups in total. The summed E-state index contributed by atoms with van der Waals surface area (Å²) in [7, 11) is 2.96. The number of pyridine rings is 1. The predicted octanol–water partition coefficient (Wildman–Crippen LogP) is 8.13. The minimum Gasteiger partial charge on any atom is -0.495 e. The number of allylic oxidation sites excluding steroid dienone is 1. The summed E-state index contributed by atoms with van der Waals surface area (Å²) < 4.78 is 92.6. The Balaban J connectivity index is 0.00000102. The molecule has 12 heteroatoms. The molecule has 1 saturated carbocycles. The Hall–Kier alpha value is -4.47. The Kier molecular flexibility index (Phi) is 15.3. The molecule has 0 aliphatic heterocycles. The van der Waals surface area contributed by atoms with Crippen LogP contribution in [0.4, 0.5) is 22.0 Å². The SMILES string of the molecule is C=CC.CC.CN.COc1cc(C#CC2CCCC2)ccc1-n1c(=O)ccc2cc(S(=O)Oc3c(F)c(F)c(F)c(F)c3F)ccc21. The first-order valence-electron chi connectivity index (χ1n) is 14.7. The standard InChI is InChI=1S/C29H20F5NO4S.C3H6.C2H6.CH5N/c1-38-22-14-17(7-6-16-4-2-3-5-16)8-11-21(22)35-20-12-10-19(15-18(20)9-13-23(35)36)40(37)39-29-27(33)25(31)24(30)26(32)28(29)34;1-3-2;2*1-2/h8-16H,2-5H2,1H3;3H,1H2,2H3;1-2H3;2H2,1H3. The van der Waals surface area contributed by atoms with Gasteiger partial charge in [0.25, 0.3) is 5.56 Å². The van der Waals surface area contributed by atoms with Crippen LogP contribution in [0, 0.1) is 46.8 Å². The van der Waals surface area contributed by atoms with Crippen LogP contribution in [0.5, 0.6) is 11.5 Å². The molecule has 1 heterocycles. The van der Waals surface area contributed by atoms with E-state index in [0.29, 0.717) is 28.3 Å². The van der Waals surface area contributed by atoms with Crippen molar-refractivity contribution in [2.75, 3.05) is 14.2 Å². The lowest BCUT2D eigenvalue weighted by Crippen LogP contribution is -2.18. The van der Waals surface area contributed by atoms with Crippen LogP contribution < -0.4 is 20.2 Å². The minimum absolute atomic E-state index is 0.147. The van der Waals surface area contributed by atoms with E-state index < -0.39 is 51.5 Å². The second-order valence-electron chi connectivity index (χ2n) is 9.49. The maximum absolute atomic E-state index is 14.0. The molecule has 47 heavy (non-hydrogen) atoms. The Labute approximate surface area is 273 Å². The van der Waals surface area contributed by atoms with Crippen molar-refractivity contribution in [1.29, 1.82) is 0 Å². The van der Waals surface area contributed by atoms with Gasteiger partial charge in [0, 0.05) is 22.9 Å². The smallest absolute Gasteiger partial charge is 0.255 e. The van der Waals surface area contributed by atoms with E-state index in [1.165, 1.54) is 61.9 Å². The summed E-state index contributed by atoms with van der Waals surface area (Å²) >= 11 is -2.67. The molecular formula is C35H37F5N2O4S. The van der Waals surface area contributed by atoms with Gasteiger partial charge in [-0.1, -0.05) is 44.6 Å². The molecule has 1 unspecified atom stereocenters. The third kappa shape index (κ3) is 9.08. The number of halogens is 5. The number of methoxy groups -OCH3 is 1. The van der Waals surface area contributed by atoms with Crippen LogP contribution in [0.15, 0.2) is 70.9 Å². The second-order valence-corrected chi connectivity index (χ2v) is 10.6. The molecule has 1 fully saturated rings. The van der Waals surface area contributed by atoms with Gasteiger partial charge in [-0.05, 0) is 69.3 Å². The van der Waals surface area contributed by atoms with Gasteiger partial charge in [0.15, 0.2) is 0 Å². The summed E-state index contributed by atoms with van der Waals surface area (Å²) in [5.41, 5.74) is 5.61. The quantitative estimate of drug-likeness (QED) is 0.0759. The molecule has 1 atom stereocenters. The van der Waals surface area contributed by atoms with Crippen molar-refractivity contribution in [2.24, 2.45) is 11.7 Å². The highest BCUT2D eigenvalue weighted by Gasteiger charge is 2.29. The van der Waals surface area contributed by atoms with Crippen molar-refractivity contribution in [1.82, 2.24) is 4.57 Å². The number of aromatic nitrogens is 1. The second kappa shape index (κ2) is 18.6. The van der Waals surface area contributed by atoms with Crippen LogP contribution in [-0.2, 0) is 11.1 Å². The number of nitrogens with zero attached hydrogens (tertiary/aromatic N) is 1. The van der Waals surface area contributed by atoms with Gasteiger partial charge in [-0.2, -0.15) is 8.78 Å². The van der Waals surface area contributed by atoms with Crippen molar-refractivity contribution >= 4 is 22.0 Å². The third-order valence-corrected chi connectivity index (χ3v) is 7.54. The molecular weight excluding hydrogens is 639 g/mol. The van der Waals surface area contributed by atoms with Gasteiger partial charge in [-0.15, -0.1) is 6.58 Å². The lowest BCUT2D eigenvalue weighted by molar-refractivity contribution is 0.352. The van der Waals surface area contributed by atoms with Crippen LogP contribution in [0.2, 0.25) is 0 Å². The number of hydrogen-bond acceptors (Lipinski definition) is 5. The van der Waals surface area contributed by atoms with Gasteiger partial charge in [0.1, 0.15) is 5.75 Å².